The maximum Gasteiger partial charge on any atom is 0.268 e. The maximum absolute atomic E-state index is 5.86. The molecule has 0 atom stereocenters. The molecule has 0 spiro atoms. The van der Waals surface area contributed by atoms with Gasteiger partial charge in [0.25, 0.3) is 5.89 Å². The van der Waals surface area contributed by atoms with E-state index in [9.17, 15) is 0 Å². The van der Waals surface area contributed by atoms with Crippen LogP contribution in [-0.2, 0) is 0 Å². The largest absolute Gasteiger partial charge is 0.415 e. The van der Waals surface area contributed by atoms with Gasteiger partial charge in [-0.15, -0.1) is 10.2 Å². The van der Waals surface area contributed by atoms with Crippen LogP contribution in [0.5, 0.6) is 0 Å². The highest BCUT2D eigenvalue weighted by molar-refractivity contribution is 14.1. The molecule has 0 aliphatic rings. The van der Waals surface area contributed by atoms with Crippen molar-refractivity contribution in [3.05, 3.63) is 76.6 Å². The van der Waals surface area contributed by atoms with Gasteiger partial charge in [0.2, 0.25) is 5.89 Å². The van der Waals surface area contributed by atoms with Crippen molar-refractivity contribution < 1.29 is 4.42 Å². The predicted octanol–water partition coefficient (Wildman–Crippen LogP) is 5.00. The predicted molar refractivity (Wildman–Crippen MR) is 122 cm³/mol. The van der Waals surface area contributed by atoms with E-state index >= 15 is 0 Å². The first-order valence-corrected chi connectivity index (χ1v) is 9.98. The van der Waals surface area contributed by atoms with Crippen LogP contribution in [0.2, 0.25) is 0 Å². The topological polar surface area (TPSA) is 67.9 Å². The molecule has 0 saturated carbocycles. The minimum atomic E-state index is 0.339. The third-order valence-electron chi connectivity index (χ3n) is 4.44. The van der Waals surface area contributed by atoms with Crippen LogP contribution < -0.4 is 0 Å². The lowest BCUT2D eigenvalue weighted by Crippen LogP contribution is -2.08. The van der Waals surface area contributed by atoms with Gasteiger partial charge in [-0.2, -0.15) is 0 Å². The van der Waals surface area contributed by atoms with E-state index in [4.69, 9.17) is 4.42 Å². The van der Waals surface area contributed by atoms with E-state index < -0.39 is 0 Å². The molecule has 0 unspecified atom stereocenters. The molecule has 4 rings (SSSR count). The summed E-state index contributed by atoms with van der Waals surface area (Å²) in [7, 11) is 3.95. The van der Waals surface area contributed by atoms with Crippen LogP contribution in [0.15, 0.2) is 71.9 Å². The Balaban J connectivity index is 1.63. The Morgan fingerprint density at radius 1 is 0.931 bits per heavy atom. The summed E-state index contributed by atoms with van der Waals surface area (Å²) in [5, 5.41) is 8.33. The highest BCUT2D eigenvalue weighted by atomic mass is 127. The van der Waals surface area contributed by atoms with E-state index in [0.717, 1.165) is 31.7 Å². The van der Waals surface area contributed by atoms with Crippen molar-refractivity contribution in [2.75, 3.05) is 14.1 Å². The number of hydrogen-bond donors (Lipinski definition) is 0. The monoisotopic (exact) mass is 495 g/mol. The number of nitrogens with zero attached hydrogens (tertiary/aromatic N) is 5. The van der Waals surface area contributed by atoms with Gasteiger partial charge >= 0.3 is 0 Å². The fourth-order valence-corrected chi connectivity index (χ4v) is 3.39. The summed E-state index contributed by atoms with van der Waals surface area (Å²) < 4.78 is 6.90. The molecular formula is C22H18IN5O. The second kappa shape index (κ2) is 8.12. The average Bonchev–Trinajstić information content (AvgIpc) is 3.24. The molecule has 0 N–H and O–H groups in total. The molecule has 0 amide bonds. The minimum Gasteiger partial charge on any atom is -0.415 e. The molecule has 144 valence electrons. The second-order valence-electron chi connectivity index (χ2n) is 6.60. The summed E-state index contributed by atoms with van der Waals surface area (Å²) in [4.78, 5) is 10.9. The molecule has 0 radical (unpaired) electrons. The smallest absolute Gasteiger partial charge is 0.268 e. The van der Waals surface area contributed by atoms with Gasteiger partial charge in [0.1, 0.15) is 5.69 Å². The van der Waals surface area contributed by atoms with Crippen molar-refractivity contribution in [1.29, 1.82) is 0 Å². The van der Waals surface area contributed by atoms with Gasteiger partial charge < -0.3 is 9.32 Å². The zero-order valence-electron chi connectivity index (χ0n) is 16.0. The van der Waals surface area contributed by atoms with Gasteiger partial charge in [-0.05, 0) is 40.3 Å². The van der Waals surface area contributed by atoms with Crippen molar-refractivity contribution >= 4 is 28.3 Å². The second-order valence-corrected chi connectivity index (χ2v) is 7.76. The lowest BCUT2D eigenvalue weighted by atomic mass is 10.1. The van der Waals surface area contributed by atoms with Crippen LogP contribution in [0.3, 0.4) is 0 Å². The van der Waals surface area contributed by atoms with Crippen molar-refractivity contribution in [3.8, 4) is 34.3 Å². The minimum absolute atomic E-state index is 0.339. The normalized spacial score (nSPS) is 10.7. The van der Waals surface area contributed by atoms with Gasteiger partial charge in [-0.3, -0.25) is 4.98 Å². The Hall–Kier alpha value is -3.07. The van der Waals surface area contributed by atoms with Crippen LogP contribution >= 0.6 is 22.6 Å². The Morgan fingerprint density at radius 2 is 1.62 bits per heavy atom. The zero-order chi connectivity index (χ0) is 20.4. The zero-order valence-corrected chi connectivity index (χ0v) is 18.2. The number of halogens is 1. The van der Waals surface area contributed by atoms with E-state index in [1.165, 1.54) is 0 Å². The molecule has 2 heterocycles. The fourth-order valence-electron chi connectivity index (χ4n) is 2.77. The number of rotatable bonds is 5. The molecule has 2 aromatic heterocycles. The third kappa shape index (κ3) is 4.04. The summed E-state index contributed by atoms with van der Waals surface area (Å²) in [6, 6.07) is 15.9. The van der Waals surface area contributed by atoms with E-state index in [-0.39, 0.29) is 0 Å². The lowest BCUT2D eigenvalue weighted by molar-refractivity contribution is 0.581. The molecule has 0 aliphatic heterocycles. The first kappa shape index (κ1) is 19.3. The number of hydrogen-bond acceptors (Lipinski definition) is 6. The molecule has 0 bridgehead atoms. The number of aromatic nitrogens is 4. The van der Waals surface area contributed by atoms with Crippen molar-refractivity contribution in [2.45, 2.75) is 0 Å². The van der Waals surface area contributed by atoms with Crippen LogP contribution in [0.1, 0.15) is 5.56 Å². The molecule has 4 aromatic rings. The van der Waals surface area contributed by atoms with Crippen LogP contribution in [0.4, 0.5) is 0 Å². The van der Waals surface area contributed by atoms with E-state index in [0.29, 0.717) is 17.5 Å². The van der Waals surface area contributed by atoms with E-state index in [1.807, 2.05) is 67.5 Å². The first-order chi connectivity index (χ1) is 14.0. The molecule has 2 aromatic carbocycles. The SMILES string of the molecule is C=C(c1ccc(-c2cncc(-c3nnc(-c4ccccc4I)o3)n2)cc1)N(C)C. The standard InChI is InChI=1S/C22H18IN5O/c1-14(28(2)3)15-8-10-16(11-9-15)19-12-24-13-20(25-19)22-27-26-21(29-22)17-6-4-5-7-18(17)23/h4-13H,1H2,2-3H3. The summed E-state index contributed by atoms with van der Waals surface area (Å²) in [5.41, 5.74) is 5.12. The van der Waals surface area contributed by atoms with Gasteiger partial charge in [-0.25, -0.2) is 4.98 Å². The Bertz CT molecular complexity index is 1170. The summed E-state index contributed by atoms with van der Waals surface area (Å²) in [6.07, 6.45) is 3.34. The molecule has 0 aliphatic carbocycles. The summed E-state index contributed by atoms with van der Waals surface area (Å²) >= 11 is 2.25. The van der Waals surface area contributed by atoms with Crippen molar-refractivity contribution in [1.82, 2.24) is 25.1 Å². The van der Waals surface area contributed by atoms with Crippen molar-refractivity contribution in [2.24, 2.45) is 0 Å². The first-order valence-electron chi connectivity index (χ1n) is 8.91. The molecule has 0 saturated heterocycles. The van der Waals surface area contributed by atoms with Gasteiger partial charge in [-0.1, -0.05) is 43.0 Å². The van der Waals surface area contributed by atoms with Crippen molar-refractivity contribution in [3.63, 3.8) is 0 Å². The maximum atomic E-state index is 5.86. The third-order valence-corrected chi connectivity index (χ3v) is 5.38. The lowest BCUT2D eigenvalue weighted by Gasteiger charge is -2.15. The summed E-state index contributed by atoms with van der Waals surface area (Å²) in [5.74, 6) is 0.801. The van der Waals surface area contributed by atoms with E-state index in [2.05, 4.69) is 49.3 Å². The quantitative estimate of drug-likeness (QED) is 0.363. The highest BCUT2D eigenvalue weighted by Gasteiger charge is 2.15. The van der Waals surface area contributed by atoms with Gasteiger partial charge in [0, 0.05) is 28.9 Å². The highest BCUT2D eigenvalue weighted by Crippen LogP contribution is 2.27. The van der Waals surface area contributed by atoms with E-state index in [1.54, 1.807) is 12.4 Å². The van der Waals surface area contributed by atoms with Gasteiger partial charge in [0.15, 0.2) is 0 Å². The van der Waals surface area contributed by atoms with Crippen LogP contribution in [-0.4, -0.2) is 39.2 Å². The molecule has 7 heteroatoms. The molecule has 6 nitrogen and oxygen atoms in total. The average molecular weight is 495 g/mol. The molecule has 29 heavy (non-hydrogen) atoms. The fraction of sp³-hybridized carbons (Fsp3) is 0.0909. The Kier molecular flexibility index (Phi) is 5.39. The van der Waals surface area contributed by atoms with Gasteiger partial charge in [0.05, 0.1) is 23.7 Å². The van der Waals surface area contributed by atoms with Crippen LogP contribution in [0.25, 0.3) is 40.0 Å². The number of benzene rings is 2. The Morgan fingerprint density at radius 3 is 2.34 bits per heavy atom. The molecule has 0 fully saturated rings. The summed E-state index contributed by atoms with van der Waals surface area (Å²) in [6.45, 7) is 4.08. The Labute approximate surface area is 182 Å². The molecular weight excluding hydrogens is 477 g/mol. The van der Waals surface area contributed by atoms with Crippen LogP contribution in [0, 0.1) is 3.57 Å².